The van der Waals surface area contributed by atoms with Crippen molar-refractivity contribution in [1.82, 2.24) is 5.32 Å². The van der Waals surface area contributed by atoms with Crippen molar-refractivity contribution in [2.75, 3.05) is 13.2 Å². The number of hydrogen-bond acceptors (Lipinski definition) is 5. The van der Waals surface area contributed by atoms with Gasteiger partial charge in [0.2, 0.25) is 5.91 Å². The largest absolute Gasteiger partial charge is 0.466 e. The summed E-state index contributed by atoms with van der Waals surface area (Å²) < 4.78 is 5.46. The number of allylic oxidation sites excluding steroid dienone is 6. The molecule has 0 aromatic heterocycles. The molecule has 0 spiro atoms. The monoisotopic (exact) mass is 1040 g/mol. The second-order valence-electron chi connectivity index (χ2n) is 22.8. The number of carbonyl (C=O) groups is 2. The highest BCUT2D eigenvalue weighted by molar-refractivity contribution is 5.76. The van der Waals surface area contributed by atoms with Crippen LogP contribution < -0.4 is 5.32 Å². The Morgan fingerprint density at radius 1 is 0.378 bits per heavy atom. The third-order valence-electron chi connectivity index (χ3n) is 15.4. The lowest BCUT2D eigenvalue weighted by atomic mass is 10.0. The van der Waals surface area contributed by atoms with Crippen LogP contribution in [0.1, 0.15) is 361 Å². The molecule has 2 unspecified atom stereocenters. The Bertz CT molecular complexity index is 1200. The van der Waals surface area contributed by atoms with E-state index in [2.05, 4.69) is 55.6 Å². The fourth-order valence-electron chi connectivity index (χ4n) is 10.3. The number of carbonyl (C=O) groups excluding carboxylic acids is 2. The van der Waals surface area contributed by atoms with Crippen LogP contribution in [-0.2, 0) is 14.3 Å². The van der Waals surface area contributed by atoms with Crippen LogP contribution in [0.5, 0.6) is 0 Å². The number of ether oxygens (including phenoxy) is 1. The highest BCUT2D eigenvalue weighted by Crippen LogP contribution is 2.18. The van der Waals surface area contributed by atoms with Crippen LogP contribution in [0, 0.1) is 0 Å². The summed E-state index contributed by atoms with van der Waals surface area (Å²) in [5.74, 6) is -0.0287. The zero-order chi connectivity index (χ0) is 53.6. The van der Waals surface area contributed by atoms with Crippen molar-refractivity contribution in [3.63, 3.8) is 0 Å². The number of aliphatic hydroxyl groups is 2. The second kappa shape index (κ2) is 63.6. The van der Waals surface area contributed by atoms with Gasteiger partial charge in [-0.05, 0) is 77.0 Å². The number of unbranched alkanes of at least 4 members (excludes halogenated alkanes) is 45. The molecule has 74 heavy (non-hydrogen) atoms. The average Bonchev–Trinajstić information content (AvgIpc) is 3.40. The first-order valence-electron chi connectivity index (χ1n) is 33.2. The van der Waals surface area contributed by atoms with Gasteiger partial charge in [-0.3, -0.25) is 9.59 Å². The second-order valence-corrected chi connectivity index (χ2v) is 22.8. The molecule has 0 aromatic carbocycles. The van der Waals surface area contributed by atoms with Gasteiger partial charge in [-0.1, -0.05) is 307 Å². The van der Waals surface area contributed by atoms with Gasteiger partial charge >= 0.3 is 5.97 Å². The van der Waals surface area contributed by atoms with Crippen LogP contribution in [0.15, 0.2) is 36.5 Å². The molecule has 0 aliphatic heterocycles. The fraction of sp³-hybridized carbons (Fsp3) is 0.882. The Kier molecular flexibility index (Phi) is 62.0. The molecule has 1 amide bonds. The zero-order valence-corrected chi connectivity index (χ0v) is 49.8. The minimum Gasteiger partial charge on any atom is -0.466 e. The van der Waals surface area contributed by atoms with E-state index in [-0.39, 0.29) is 18.5 Å². The molecule has 0 radical (unpaired) electrons. The number of amides is 1. The van der Waals surface area contributed by atoms with Gasteiger partial charge in [-0.15, -0.1) is 0 Å². The van der Waals surface area contributed by atoms with Gasteiger partial charge in [-0.25, -0.2) is 0 Å². The standard InChI is InChI=1S/C68H129NO5/c1-3-5-7-9-11-13-15-37-41-44-48-52-56-60-66(71)65(64-70)69-67(72)61-57-53-49-45-42-38-35-33-31-29-27-25-23-21-19-17-16-18-20-22-24-26-28-30-32-34-36-39-43-47-51-55-59-63-74-68(73)62-58-54-50-46-40-14-12-10-8-6-4-2/h10,12,20,22,26,28,65-66,70-71H,3-9,11,13-19,21,23-25,27,29-64H2,1-2H3,(H,69,72)/b12-10-,22-20-,28-26-. The maximum absolute atomic E-state index is 12.5. The summed E-state index contributed by atoms with van der Waals surface area (Å²) in [4.78, 5) is 24.5. The highest BCUT2D eigenvalue weighted by atomic mass is 16.5. The lowest BCUT2D eigenvalue weighted by Crippen LogP contribution is -2.45. The van der Waals surface area contributed by atoms with Gasteiger partial charge in [0.15, 0.2) is 0 Å². The van der Waals surface area contributed by atoms with E-state index in [0.717, 1.165) is 51.4 Å². The molecule has 0 heterocycles. The summed E-state index contributed by atoms with van der Waals surface area (Å²) in [6.45, 7) is 4.93. The molecule has 6 heteroatoms. The van der Waals surface area contributed by atoms with E-state index in [1.165, 1.54) is 276 Å². The van der Waals surface area contributed by atoms with Crippen molar-refractivity contribution in [3.05, 3.63) is 36.5 Å². The first-order valence-corrected chi connectivity index (χ1v) is 33.2. The van der Waals surface area contributed by atoms with Crippen LogP contribution in [-0.4, -0.2) is 47.4 Å². The van der Waals surface area contributed by atoms with Gasteiger partial charge in [0.1, 0.15) is 0 Å². The first kappa shape index (κ1) is 72.1. The van der Waals surface area contributed by atoms with Crippen molar-refractivity contribution in [3.8, 4) is 0 Å². The van der Waals surface area contributed by atoms with Crippen molar-refractivity contribution in [1.29, 1.82) is 0 Å². The van der Waals surface area contributed by atoms with Gasteiger partial charge < -0.3 is 20.3 Å². The molecular weight excluding hydrogens is 911 g/mol. The molecule has 0 saturated carbocycles. The molecule has 0 saturated heterocycles. The maximum atomic E-state index is 12.5. The van der Waals surface area contributed by atoms with Crippen LogP contribution in [0.2, 0.25) is 0 Å². The Morgan fingerprint density at radius 3 is 1.08 bits per heavy atom. The highest BCUT2D eigenvalue weighted by Gasteiger charge is 2.20. The van der Waals surface area contributed by atoms with Crippen LogP contribution in [0.3, 0.4) is 0 Å². The van der Waals surface area contributed by atoms with Crippen molar-refractivity contribution in [2.45, 2.75) is 373 Å². The summed E-state index contributed by atoms with van der Waals surface area (Å²) in [7, 11) is 0. The molecule has 436 valence electrons. The lowest BCUT2D eigenvalue weighted by molar-refractivity contribution is -0.143. The molecule has 0 aliphatic rings. The predicted molar refractivity (Wildman–Crippen MR) is 324 cm³/mol. The quantitative estimate of drug-likeness (QED) is 0.0320. The molecule has 0 fully saturated rings. The van der Waals surface area contributed by atoms with Gasteiger partial charge in [0, 0.05) is 12.8 Å². The Morgan fingerprint density at radius 2 is 0.689 bits per heavy atom. The smallest absolute Gasteiger partial charge is 0.305 e. The van der Waals surface area contributed by atoms with Crippen molar-refractivity contribution >= 4 is 11.9 Å². The average molecular weight is 1040 g/mol. The summed E-state index contributed by atoms with van der Waals surface area (Å²) >= 11 is 0. The molecule has 0 bridgehead atoms. The predicted octanol–water partition coefficient (Wildman–Crippen LogP) is 21.1. The van der Waals surface area contributed by atoms with Gasteiger partial charge in [0.25, 0.3) is 0 Å². The van der Waals surface area contributed by atoms with E-state index < -0.39 is 12.1 Å². The van der Waals surface area contributed by atoms with Crippen LogP contribution >= 0.6 is 0 Å². The van der Waals surface area contributed by atoms with E-state index in [1.54, 1.807) is 0 Å². The Hall–Kier alpha value is -1.92. The topological polar surface area (TPSA) is 95.9 Å². The van der Waals surface area contributed by atoms with Gasteiger partial charge in [0.05, 0.1) is 25.4 Å². The minimum atomic E-state index is -0.662. The SMILES string of the molecule is CCCC/C=C\CCCCCCCC(=O)OCCCCCCCCCCC/C=C\C/C=C\CCCCCCCCCCCCCCCCCCCC(=O)NC(CO)C(O)CCCCCCCCCCCCCCC. The van der Waals surface area contributed by atoms with E-state index >= 15 is 0 Å². The first-order chi connectivity index (χ1) is 36.5. The molecule has 0 aliphatic carbocycles. The third-order valence-corrected chi connectivity index (χ3v) is 15.4. The minimum absolute atomic E-state index is 0.00305. The molecular formula is C68H129NO5. The van der Waals surface area contributed by atoms with Crippen molar-refractivity contribution < 1.29 is 24.5 Å². The number of aliphatic hydroxyl groups excluding tert-OH is 2. The van der Waals surface area contributed by atoms with E-state index in [4.69, 9.17) is 4.74 Å². The van der Waals surface area contributed by atoms with Crippen LogP contribution in [0.4, 0.5) is 0 Å². The number of rotatable bonds is 62. The van der Waals surface area contributed by atoms with Crippen LogP contribution in [0.25, 0.3) is 0 Å². The van der Waals surface area contributed by atoms with Crippen molar-refractivity contribution in [2.24, 2.45) is 0 Å². The van der Waals surface area contributed by atoms with E-state index in [0.29, 0.717) is 25.9 Å². The summed E-state index contributed by atoms with van der Waals surface area (Å²) in [5, 5.41) is 23.3. The molecule has 6 nitrogen and oxygen atoms in total. The number of esters is 1. The number of nitrogens with one attached hydrogen (secondary N) is 1. The van der Waals surface area contributed by atoms with E-state index in [1.807, 2.05) is 0 Å². The summed E-state index contributed by atoms with van der Waals surface area (Å²) in [6.07, 6.45) is 80.4. The summed E-state index contributed by atoms with van der Waals surface area (Å²) in [5.41, 5.74) is 0. The van der Waals surface area contributed by atoms with E-state index in [9.17, 15) is 19.8 Å². The molecule has 0 aromatic rings. The molecule has 0 rings (SSSR count). The number of hydrogen-bond donors (Lipinski definition) is 3. The Labute approximate surface area is 462 Å². The maximum Gasteiger partial charge on any atom is 0.305 e. The molecule has 3 N–H and O–H groups in total. The lowest BCUT2D eigenvalue weighted by Gasteiger charge is -2.22. The summed E-state index contributed by atoms with van der Waals surface area (Å²) in [6, 6.07) is -0.539. The third kappa shape index (κ3) is 59.3. The Balaban J connectivity index is 3.37. The molecule has 2 atom stereocenters. The normalized spacial score (nSPS) is 12.8. The fourth-order valence-corrected chi connectivity index (χ4v) is 10.3. The van der Waals surface area contributed by atoms with Gasteiger partial charge in [-0.2, -0.15) is 0 Å². The zero-order valence-electron chi connectivity index (χ0n) is 49.8.